The third kappa shape index (κ3) is 8.33. The molecule has 3 saturated carbocycles. The number of hydrogen-bond acceptors (Lipinski definition) is 2. The van der Waals surface area contributed by atoms with Gasteiger partial charge in [-0.05, 0) is 133 Å². The van der Waals surface area contributed by atoms with Crippen LogP contribution in [0, 0.1) is 46.3 Å². The van der Waals surface area contributed by atoms with E-state index in [0.717, 1.165) is 55.0 Å². The number of hydrogen-bond donors (Lipinski definition) is 0. The summed E-state index contributed by atoms with van der Waals surface area (Å²) in [6.45, 7) is 13.5. The molecule has 308 valence electrons. The Labute approximate surface area is 359 Å². The number of allylic oxidation sites excluding steroid dienone is 1. The fraction of sp³-hybridized carbons (Fsp3) is 0.519. The van der Waals surface area contributed by atoms with Crippen molar-refractivity contribution in [3.05, 3.63) is 133 Å². The molecule has 0 N–H and O–H groups in total. The Morgan fingerprint density at radius 3 is 1.86 bits per heavy atom. The first-order valence-corrected chi connectivity index (χ1v) is 27.3. The highest BCUT2D eigenvalue weighted by atomic mass is 32.4. The minimum Gasteiger partial charge on any atom is -0.378 e. The second-order valence-electron chi connectivity index (χ2n) is 19.7. The number of ether oxygens (including phenoxy) is 1. The lowest BCUT2D eigenvalue weighted by molar-refractivity contribution is -0.0639. The average Bonchev–Trinajstić information content (AvgIpc) is 3.61. The molecule has 0 heterocycles. The Morgan fingerprint density at radius 2 is 1.28 bits per heavy atom. The van der Waals surface area contributed by atoms with Crippen LogP contribution in [0.25, 0.3) is 0 Å². The fourth-order valence-corrected chi connectivity index (χ4v) is 22.9. The van der Waals surface area contributed by atoms with Crippen molar-refractivity contribution >= 4 is 47.0 Å². The normalized spacial score (nSPS) is 29.3. The molecule has 4 aliphatic rings. The molecule has 4 heteroatoms. The van der Waals surface area contributed by atoms with Crippen LogP contribution in [0.2, 0.25) is 0 Å². The smallest absolute Gasteiger partial charge is 0.0612 e. The Balaban J connectivity index is 1.02. The minimum atomic E-state index is -2.31. The van der Waals surface area contributed by atoms with E-state index in [-0.39, 0.29) is 5.40 Å². The highest BCUT2D eigenvalue weighted by Gasteiger charge is 2.59. The molecular formula is C54H70OP2S. The van der Waals surface area contributed by atoms with Crippen molar-refractivity contribution in [1.29, 1.82) is 0 Å². The summed E-state index contributed by atoms with van der Waals surface area (Å²) in [5, 5.41) is 5.69. The van der Waals surface area contributed by atoms with Crippen molar-refractivity contribution in [3.8, 4) is 0 Å². The predicted molar refractivity (Wildman–Crippen MR) is 257 cm³/mol. The van der Waals surface area contributed by atoms with Gasteiger partial charge in [-0.2, -0.15) is 0 Å². The van der Waals surface area contributed by atoms with Crippen LogP contribution in [0.3, 0.4) is 0 Å². The van der Waals surface area contributed by atoms with Gasteiger partial charge in [0.05, 0.1) is 6.10 Å². The zero-order valence-corrected chi connectivity index (χ0v) is 38.8. The van der Waals surface area contributed by atoms with E-state index in [1.807, 2.05) is 0 Å². The second kappa shape index (κ2) is 18.3. The molecular weight excluding hydrogens is 759 g/mol. The first-order valence-electron chi connectivity index (χ1n) is 23.0. The molecule has 3 fully saturated rings. The summed E-state index contributed by atoms with van der Waals surface area (Å²) in [4.78, 5) is 0. The van der Waals surface area contributed by atoms with Gasteiger partial charge in [0.2, 0.25) is 0 Å². The number of fused-ring (bicyclic) bond motifs is 5. The van der Waals surface area contributed by atoms with E-state index in [9.17, 15) is 0 Å². The maximum Gasteiger partial charge on any atom is 0.0612 e. The lowest BCUT2D eigenvalue weighted by atomic mass is 9.47. The molecule has 0 aliphatic heterocycles. The Hall–Kier alpha value is -2.34. The lowest BCUT2D eigenvalue weighted by Gasteiger charge is -2.58. The van der Waals surface area contributed by atoms with Gasteiger partial charge >= 0.3 is 0 Å². The molecule has 0 saturated heterocycles. The Kier molecular flexibility index (Phi) is 13.4. The minimum absolute atomic E-state index is 0.250. The van der Waals surface area contributed by atoms with E-state index >= 15 is 0 Å². The van der Waals surface area contributed by atoms with Gasteiger partial charge < -0.3 is 4.74 Å². The molecule has 4 aliphatic carbocycles. The Bertz CT molecular complexity index is 1910. The molecule has 0 amide bonds. The van der Waals surface area contributed by atoms with Crippen molar-refractivity contribution in [2.75, 3.05) is 6.61 Å². The SMILES string of the molecule is CC(C)CCCC(C)C1CC[C@H]2[C@@H]3CC=C4C[C@@H](OCCC(P(c5ccccc5)c5ccccc5)P(=S)(c5ccccc5)c5ccccc5)CC[C@]4(C)[C@H]3CC[C@]12C. The summed E-state index contributed by atoms with van der Waals surface area (Å²) in [6, 6.07) is 42.5. The van der Waals surface area contributed by atoms with Gasteiger partial charge in [0, 0.05) is 18.0 Å². The third-order valence-corrected chi connectivity index (χ3v) is 26.1. The highest BCUT2D eigenvalue weighted by molar-refractivity contribution is 8.25. The average molecular weight is 829 g/mol. The molecule has 4 aromatic carbocycles. The summed E-state index contributed by atoms with van der Waals surface area (Å²) in [6.07, 6.45) is 18.9. The van der Waals surface area contributed by atoms with Gasteiger partial charge in [0.1, 0.15) is 0 Å². The van der Waals surface area contributed by atoms with Crippen LogP contribution in [0.4, 0.5) is 0 Å². The van der Waals surface area contributed by atoms with E-state index < -0.39 is 14.0 Å². The summed E-state index contributed by atoms with van der Waals surface area (Å²) in [7, 11) is -0.777. The molecule has 8 rings (SSSR count). The molecule has 0 aromatic heterocycles. The molecule has 4 aromatic rings. The van der Waals surface area contributed by atoms with Gasteiger partial charge in [0.25, 0.3) is 0 Å². The monoisotopic (exact) mass is 828 g/mol. The van der Waals surface area contributed by atoms with Crippen molar-refractivity contribution in [2.24, 2.45) is 46.3 Å². The maximum atomic E-state index is 7.20. The first-order chi connectivity index (χ1) is 28.1. The standard InChI is InChI=1S/C54H70OP2S/c1-40(2)19-18-20-41(3)49-31-32-50-48-30-29-42-39-43(33-36-53(42,4)51(48)34-37-54(49,50)5)55-38-35-52(56(44-21-10-6-11-22-44)45-23-12-7-13-24-45)57(58,46-25-14-8-15-26-46)47-27-16-9-17-28-47/h6-17,21-29,40-41,43,48-52H,18-20,30-39H2,1-5H3/t41?,43-,48-,49?,50-,51-,52?,53-,54+/m0/s1. The number of benzene rings is 4. The van der Waals surface area contributed by atoms with Crippen LogP contribution in [0.5, 0.6) is 0 Å². The van der Waals surface area contributed by atoms with Crippen LogP contribution in [0.1, 0.15) is 112 Å². The summed E-state index contributed by atoms with van der Waals surface area (Å²) < 4.78 is 7.15. The van der Waals surface area contributed by atoms with E-state index in [1.54, 1.807) is 5.57 Å². The highest BCUT2D eigenvalue weighted by Crippen LogP contribution is 2.68. The first kappa shape index (κ1) is 42.4. The van der Waals surface area contributed by atoms with Crippen molar-refractivity contribution in [3.63, 3.8) is 0 Å². The van der Waals surface area contributed by atoms with Gasteiger partial charge in [0.15, 0.2) is 0 Å². The van der Waals surface area contributed by atoms with Crippen LogP contribution >= 0.6 is 14.0 Å². The summed E-state index contributed by atoms with van der Waals surface area (Å²) in [5.74, 6) is 5.23. The maximum absolute atomic E-state index is 7.20. The molecule has 0 radical (unpaired) electrons. The number of rotatable bonds is 15. The van der Waals surface area contributed by atoms with Gasteiger partial charge in [-0.15, -0.1) is 0 Å². The van der Waals surface area contributed by atoms with Crippen molar-refractivity contribution < 1.29 is 4.74 Å². The molecule has 1 nitrogen and oxygen atoms in total. The molecule has 3 unspecified atom stereocenters. The van der Waals surface area contributed by atoms with Crippen LogP contribution in [-0.2, 0) is 16.5 Å². The van der Waals surface area contributed by atoms with Crippen LogP contribution in [-0.4, -0.2) is 18.1 Å². The summed E-state index contributed by atoms with van der Waals surface area (Å²) in [5.41, 5.74) is 2.61. The Morgan fingerprint density at radius 1 is 0.690 bits per heavy atom. The third-order valence-electron chi connectivity index (χ3n) is 16.1. The van der Waals surface area contributed by atoms with Gasteiger partial charge in [-0.3, -0.25) is 0 Å². The fourth-order valence-electron chi connectivity index (χ4n) is 13.1. The quantitative estimate of drug-likeness (QED) is 0.0872. The zero-order valence-electron chi connectivity index (χ0n) is 36.1. The molecule has 9 atom stereocenters. The topological polar surface area (TPSA) is 9.23 Å². The second-order valence-corrected chi connectivity index (χ2v) is 27.2. The van der Waals surface area contributed by atoms with E-state index in [1.165, 1.54) is 85.4 Å². The zero-order chi connectivity index (χ0) is 40.3. The summed E-state index contributed by atoms with van der Waals surface area (Å²) >= 11 is 7.20. The van der Waals surface area contributed by atoms with Crippen molar-refractivity contribution in [1.82, 2.24) is 0 Å². The van der Waals surface area contributed by atoms with Gasteiger partial charge in [-0.1, -0.05) is 199 Å². The van der Waals surface area contributed by atoms with E-state index in [4.69, 9.17) is 16.5 Å². The van der Waals surface area contributed by atoms with Crippen molar-refractivity contribution in [2.45, 2.75) is 123 Å². The lowest BCUT2D eigenvalue weighted by Crippen LogP contribution is -2.51. The molecule has 58 heavy (non-hydrogen) atoms. The van der Waals surface area contributed by atoms with Gasteiger partial charge in [-0.25, -0.2) is 0 Å². The largest absolute Gasteiger partial charge is 0.378 e. The van der Waals surface area contributed by atoms with E-state index in [0.29, 0.717) is 16.9 Å². The van der Waals surface area contributed by atoms with E-state index in [2.05, 4.69) is 162 Å². The molecule has 0 spiro atoms. The molecule has 0 bridgehead atoms. The van der Waals surface area contributed by atoms with Crippen LogP contribution in [0.15, 0.2) is 133 Å². The van der Waals surface area contributed by atoms with Crippen LogP contribution < -0.4 is 21.2 Å². The predicted octanol–water partition coefficient (Wildman–Crippen LogP) is 13.4.